The van der Waals surface area contributed by atoms with Gasteiger partial charge < -0.3 is 10.2 Å². The number of nitrogens with zero attached hydrogens (tertiary/aromatic N) is 1. The van der Waals surface area contributed by atoms with Gasteiger partial charge in [-0.2, -0.15) is 0 Å². The molecule has 2 amide bonds. The summed E-state index contributed by atoms with van der Waals surface area (Å²) in [6, 6.07) is 8.45. The van der Waals surface area contributed by atoms with E-state index >= 15 is 0 Å². The second kappa shape index (κ2) is 6.60. The fourth-order valence-electron chi connectivity index (χ4n) is 2.79. The summed E-state index contributed by atoms with van der Waals surface area (Å²) in [5, 5.41) is 3.05. The van der Waals surface area contributed by atoms with Crippen molar-refractivity contribution in [1.82, 2.24) is 4.90 Å². The molecule has 0 aliphatic heterocycles. The van der Waals surface area contributed by atoms with E-state index in [4.69, 9.17) is 0 Å². The van der Waals surface area contributed by atoms with E-state index in [0.29, 0.717) is 6.04 Å². The number of para-hydroxylation sites is 1. The Hall–Kier alpha value is -1.51. The number of urea groups is 1. The van der Waals surface area contributed by atoms with Gasteiger partial charge in [0.05, 0.1) is 0 Å². The number of hydrogen-bond acceptors (Lipinski definition) is 1. The number of carbonyl (C=O) groups is 1. The number of amides is 2. The molecule has 104 valence electrons. The first-order valence-electron chi connectivity index (χ1n) is 7.34. The number of hydrogen-bond donors (Lipinski definition) is 1. The average Bonchev–Trinajstić information content (AvgIpc) is 2.48. The van der Waals surface area contributed by atoms with Crippen LogP contribution in [0.15, 0.2) is 24.3 Å². The van der Waals surface area contributed by atoms with Gasteiger partial charge in [0.15, 0.2) is 0 Å². The van der Waals surface area contributed by atoms with Crippen molar-refractivity contribution in [1.29, 1.82) is 0 Å². The molecule has 19 heavy (non-hydrogen) atoms. The van der Waals surface area contributed by atoms with E-state index in [-0.39, 0.29) is 6.03 Å². The van der Waals surface area contributed by atoms with Crippen LogP contribution in [0.5, 0.6) is 0 Å². The maximum absolute atomic E-state index is 12.3. The van der Waals surface area contributed by atoms with Crippen LogP contribution in [0.2, 0.25) is 0 Å². The summed E-state index contributed by atoms with van der Waals surface area (Å²) in [5.74, 6) is 0. The molecule has 1 aromatic rings. The lowest BCUT2D eigenvalue weighted by atomic mass is 9.95. The minimum Gasteiger partial charge on any atom is -0.325 e. The zero-order valence-electron chi connectivity index (χ0n) is 12.0. The van der Waals surface area contributed by atoms with Crippen molar-refractivity contribution in [3.63, 3.8) is 0 Å². The van der Waals surface area contributed by atoms with Crippen LogP contribution in [0, 0.1) is 0 Å². The first-order chi connectivity index (χ1) is 9.22. The summed E-state index contributed by atoms with van der Waals surface area (Å²) in [5.41, 5.74) is 2.13. The maximum atomic E-state index is 12.3. The van der Waals surface area contributed by atoms with E-state index in [1.165, 1.54) is 24.8 Å². The number of carbonyl (C=O) groups excluding carboxylic acids is 1. The number of anilines is 1. The highest BCUT2D eigenvalue weighted by molar-refractivity contribution is 5.90. The summed E-state index contributed by atoms with van der Waals surface area (Å²) >= 11 is 0. The SMILES string of the molecule is CCc1ccccc1NC(=O)N(C)C1CCCCC1. The molecule has 1 saturated carbocycles. The Balaban J connectivity index is 1.99. The molecule has 1 aliphatic rings. The Labute approximate surface area is 116 Å². The summed E-state index contributed by atoms with van der Waals surface area (Å²) in [4.78, 5) is 14.2. The van der Waals surface area contributed by atoms with E-state index in [9.17, 15) is 4.79 Å². The van der Waals surface area contributed by atoms with Crippen molar-refractivity contribution in [2.75, 3.05) is 12.4 Å². The minimum atomic E-state index is 0.0211. The van der Waals surface area contributed by atoms with E-state index < -0.39 is 0 Å². The van der Waals surface area contributed by atoms with Gasteiger partial charge in [0, 0.05) is 18.8 Å². The normalized spacial score (nSPS) is 16.1. The molecule has 0 unspecified atom stereocenters. The van der Waals surface area contributed by atoms with E-state index in [0.717, 1.165) is 24.9 Å². The van der Waals surface area contributed by atoms with Gasteiger partial charge in [-0.05, 0) is 30.9 Å². The van der Waals surface area contributed by atoms with Crippen LogP contribution in [0.1, 0.15) is 44.6 Å². The monoisotopic (exact) mass is 260 g/mol. The van der Waals surface area contributed by atoms with Crippen molar-refractivity contribution in [2.45, 2.75) is 51.5 Å². The Morgan fingerprint density at radius 2 is 1.95 bits per heavy atom. The first kappa shape index (κ1) is 13.9. The van der Waals surface area contributed by atoms with Gasteiger partial charge in [-0.25, -0.2) is 4.79 Å². The zero-order valence-corrected chi connectivity index (χ0v) is 12.0. The van der Waals surface area contributed by atoms with E-state index in [2.05, 4.69) is 18.3 Å². The third-order valence-electron chi connectivity index (χ3n) is 4.08. The molecule has 0 bridgehead atoms. The van der Waals surface area contributed by atoms with E-state index in [1.54, 1.807) is 0 Å². The van der Waals surface area contributed by atoms with Gasteiger partial charge in [-0.15, -0.1) is 0 Å². The van der Waals surface area contributed by atoms with Crippen LogP contribution in [-0.4, -0.2) is 24.0 Å². The lowest BCUT2D eigenvalue weighted by Gasteiger charge is -2.31. The summed E-state index contributed by atoms with van der Waals surface area (Å²) in [7, 11) is 1.92. The zero-order chi connectivity index (χ0) is 13.7. The van der Waals surface area contributed by atoms with Crippen LogP contribution < -0.4 is 5.32 Å². The molecule has 0 saturated heterocycles. The molecule has 0 radical (unpaired) electrons. The third-order valence-corrected chi connectivity index (χ3v) is 4.08. The molecule has 1 N–H and O–H groups in total. The maximum Gasteiger partial charge on any atom is 0.321 e. The lowest BCUT2D eigenvalue weighted by molar-refractivity contribution is 0.186. The Bertz CT molecular complexity index is 425. The number of benzene rings is 1. The molecular formula is C16H24N2O. The quantitative estimate of drug-likeness (QED) is 0.873. The second-order valence-corrected chi connectivity index (χ2v) is 5.34. The molecule has 1 fully saturated rings. The van der Waals surface area contributed by atoms with Crippen molar-refractivity contribution in [2.24, 2.45) is 0 Å². The van der Waals surface area contributed by atoms with Crippen molar-refractivity contribution in [3.8, 4) is 0 Å². The topological polar surface area (TPSA) is 32.3 Å². The second-order valence-electron chi connectivity index (χ2n) is 5.34. The van der Waals surface area contributed by atoms with Gasteiger partial charge in [0.2, 0.25) is 0 Å². The van der Waals surface area contributed by atoms with Crippen molar-refractivity contribution < 1.29 is 4.79 Å². The minimum absolute atomic E-state index is 0.0211. The lowest BCUT2D eigenvalue weighted by Crippen LogP contribution is -2.41. The number of aryl methyl sites for hydroxylation is 1. The summed E-state index contributed by atoms with van der Waals surface area (Å²) < 4.78 is 0. The van der Waals surface area contributed by atoms with Gasteiger partial charge >= 0.3 is 6.03 Å². The molecule has 2 rings (SSSR count). The molecule has 3 nitrogen and oxygen atoms in total. The smallest absolute Gasteiger partial charge is 0.321 e. The molecule has 0 aromatic heterocycles. The Kier molecular flexibility index (Phi) is 4.83. The van der Waals surface area contributed by atoms with Gasteiger partial charge in [0.25, 0.3) is 0 Å². The summed E-state index contributed by atoms with van der Waals surface area (Å²) in [6.07, 6.45) is 7.01. The number of nitrogens with one attached hydrogen (secondary N) is 1. The van der Waals surface area contributed by atoms with Crippen LogP contribution in [0.25, 0.3) is 0 Å². The molecule has 0 heterocycles. The highest BCUT2D eigenvalue weighted by atomic mass is 16.2. The molecule has 0 atom stereocenters. The Morgan fingerprint density at radius 1 is 1.26 bits per heavy atom. The van der Waals surface area contributed by atoms with Crippen molar-refractivity contribution in [3.05, 3.63) is 29.8 Å². The number of rotatable bonds is 3. The average molecular weight is 260 g/mol. The van der Waals surface area contributed by atoms with Crippen LogP contribution in [0.4, 0.5) is 10.5 Å². The molecule has 1 aliphatic carbocycles. The Morgan fingerprint density at radius 3 is 2.63 bits per heavy atom. The third kappa shape index (κ3) is 3.49. The standard InChI is InChI=1S/C16H24N2O/c1-3-13-9-7-8-12-15(13)17-16(19)18(2)14-10-5-4-6-11-14/h7-9,12,14H,3-6,10-11H2,1-2H3,(H,17,19). The fourth-order valence-corrected chi connectivity index (χ4v) is 2.79. The molecule has 0 spiro atoms. The van der Waals surface area contributed by atoms with Gasteiger partial charge in [-0.3, -0.25) is 0 Å². The van der Waals surface area contributed by atoms with Crippen LogP contribution in [0.3, 0.4) is 0 Å². The molecule has 1 aromatic carbocycles. The molecular weight excluding hydrogens is 236 g/mol. The van der Waals surface area contributed by atoms with Crippen molar-refractivity contribution >= 4 is 11.7 Å². The fraction of sp³-hybridized carbons (Fsp3) is 0.562. The van der Waals surface area contributed by atoms with Crippen LogP contribution in [-0.2, 0) is 6.42 Å². The summed E-state index contributed by atoms with van der Waals surface area (Å²) in [6.45, 7) is 2.11. The highest BCUT2D eigenvalue weighted by Crippen LogP contribution is 2.23. The van der Waals surface area contributed by atoms with Crippen LogP contribution >= 0.6 is 0 Å². The van der Waals surface area contributed by atoms with E-state index in [1.807, 2.05) is 30.1 Å². The predicted molar refractivity (Wildman–Crippen MR) is 79.5 cm³/mol. The highest BCUT2D eigenvalue weighted by Gasteiger charge is 2.22. The first-order valence-corrected chi connectivity index (χ1v) is 7.34. The largest absolute Gasteiger partial charge is 0.325 e. The molecule has 3 heteroatoms. The van der Waals surface area contributed by atoms with Gasteiger partial charge in [0.1, 0.15) is 0 Å². The predicted octanol–water partition coefficient (Wildman–Crippen LogP) is 4.05. The van der Waals surface area contributed by atoms with Gasteiger partial charge in [-0.1, -0.05) is 44.4 Å².